The van der Waals surface area contributed by atoms with Crippen molar-refractivity contribution in [3.05, 3.63) is 65.2 Å². The third-order valence-electron chi connectivity index (χ3n) is 5.85. The summed E-state index contributed by atoms with van der Waals surface area (Å²) in [6.07, 6.45) is 4.86. The van der Waals surface area contributed by atoms with Gasteiger partial charge in [0.25, 0.3) is 0 Å². The number of methoxy groups -OCH3 is 2. The monoisotopic (exact) mass is 436 g/mol. The van der Waals surface area contributed by atoms with Gasteiger partial charge in [-0.15, -0.1) is 0 Å². The second-order valence-electron chi connectivity index (χ2n) is 7.92. The fourth-order valence-corrected chi connectivity index (χ4v) is 4.11. The van der Waals surface area contributed by atoms with E-state index in [1.165, 1.54) is 0 Å². The number of rotatable bonds is 8. The maximum absolute atomic E-state index is 13.2. The minimum atomic E-state index is -0.152. The lowest BCUT2D eigenvalue weighted by Gasteiger charge is -2.37. The van der Waals surface area contributed by atoms with Gasteiger partial charge in [-0.3, -0.25) is 9.59 Å². The summed E-state index contributed by atoms with van der Waals surface area (Å²) in [5.41, 5.74) is 3.17. The summed E-state index contributed by atoms with van der Waals surface area (Å²) < 4.78 is 10.9. The zero-order valence-corrected chi connectivity index (χ0v) is 19.3. The van der Waals surface area contributed by atoms with Crippen molar-refractivity contribution >= 4 is 17.9 Å². The highest BCUT2D eigenvalue weighted by molar-refractivity contribution is 5.94. The molecule has 1 atom stereocenters. The van der Waals surface area contributed by atoms with E-state index in [0.717, 1.165) is 29.5 Å². The van der Waals surface area contributed by atoms with Crippen LogP contribution in [0.25, 0.3) is 6.08 Å². The van der Waals surface area contributed by atoms with E-state index < -0.39 is 0 Å². The van der Waals surface area contributed by atoms with E-state index in [1.54, 1.807) is 31.3 Å². The lowest BCUT2D eigenvalue weighted by molar-refractivity contribution is -0.140. The van der Waals surface area contributed by atoms with Crippen LogP contribution >= 0.6 is 0 Å². The van der Waals surface area contributed by atoms with Gasteiger partial charge in [-0.25, -0.2) is 0 Å². The van der Waals surface area contributed by atoms with Gasteiger partial charge in [0.05, 0.1) is 20.3 Å². The van der Waals surface area contributed by atoms with Crippen LogP contribution in [0.2, 0.25) is 0 Å². The fraction of sp³-hybridized carbons (Fsp3) is 0.385. The second-order valence-corrected chi connectivity index (χ2v) is 7.92. The maximum Gasteiger partial charge on any atom is 0.247 e. The van der Waals surface area contributed by atoms with Gasteiger partial charge < -0.3 is 19.3 Å². The lowest BCUT2D eigenvalue weighted by Crippen LogP contribution is -2.46. The van der Waals surface area contributed by atoms with Gasteiger partial charge in [-0.1, -0.05) is 37.3 Å². The number of fused-ring (bicyclic) bond motifs is 1. The van der Waals surface area contributed by atoms with Gasteiger partial charge in [-0.05, 0) is 54.7 Å². The number of amides is 2. The molecule has 0 radical (unpaired) electrons. The number of ether oxygens (including phenoxy) is 2. The molecule has 0 saturated carbocycles. The van der Waals surface area contributed by atoms with Gasteiger partial charge in [0.1, 0.15) is 6.54 Å². The summed E-state index contributed by atoms with van der Waals surface area (Å²) in [7, 11) is 3.23. The minimum absolute atomic E-state index is 0.0483. The van der Waals surface area contributed by atoms with Crippen LogP contribution in [-0.4, -0.2) is 55.5 Å². The van der Waals surface area contributed by atoms with Crippen molar-refractivity contribution in [2.24, 2.45) is 0 Å². The SMILES string of the molecule is CCCN(CC(=O)N1CCc2cc(OC)c(OC)cc2C1C)C(=O)/C=C/c1ccccc1. The molecule has 6 heteroatoms. The number of carbonyl (C=O) groups is 2. The van der Waals surface area contributed by atoms with Crippen molar-refractivity contribution in [1.29, 1.82) is 0 Å². The molecule has 0 saturated heterocycles. The summed E-state index contributed by atoms with van der Waals surface area (Å²) in [4.78, 5) is 29.5. The summed E-state index contributed by atoms with van der Waals surface area (Å²) in [6, 6.07) is 13.5. The number of carbonyl (C=O) groups excluding carboxylic acids is 2. The number of hydrogen-bond donors (Lipinski definition) is 0. The quantitative estimate of drug-likeness (QED) is 0.585. The molecule has 0 spiro atoms. The molecule has 2 aromatic carbocycles. The first kappa shape index (κ1) is 23.4. The first-order valence-corrected chi connectivity index (χ1v) is 11.0. The molecule has 170 valence electrons. The van der Waals surface area contributed by atoms with Crippen LogP contribution in [0.3, 0.4) is 0 Å². The van der Waals surface area contributed by atoms with Crippen LogP contribution in [0, 0.1) is 0 Å². The van der Waals surface area contributed by atoms with Crippen LogP contribution in [0.1, 0.15) is 43.0 Å². The molecule has 2 amide bonds. The molecule has 1 unspecified atom stereocenters. The Morgan fingerprint density at radius 3 is 2.47 bits per heavy atom. The molecule has 1 aliphatic rings. The predicted octanol–water partition coefficient (Wildman–Crippen LogP) is 4.10. The molecule has 0 N–H and O–H groups in total. The van der Waals surface area contributed by atoms with E-state index in [9.17, 15) is 9.59 Å². The summed E-state index contributed by atoms with van der Waals surface area (Å²) in [5.74, 6) is 1.15. The molecule has 32 heavy (non-hydrogen) atoms. The molecule has 2 aromatic rings. The van der Waals surface area contributed by atoms with Crippen LogP contribution < -0.4 is 9.47 Å². The average molecular weight is 437 g/mol. The van der Waals surface area contributed by atoms with Crippen molar-refractivity contribution in [2.75, 3.05) is 33.9 Å². The van der Waals surface area contributed by atoms with E-state index in [0.29, 0.717) is 24.6 Å². The van der Waals surface area contributed by atoms with E-state index in [1.807, 2.05) is 61.2 Å². The molecule has 1 aliphatic heterocycles. The Bertz CT molecular complexity index is 971. The smallest absolute Gasteiger partial charge is 0.247 e. The summed E-state index contributed by atoms with van der Waals surface area (Å²) in [6.45, 7) is 5.23. The Hall–Kier alpha value is -3.28. The normalized spacial score (nSPS) is 15.4. The van der Waals surface area contributed by atoms with E-state index in [2.05, 4.69) is 0 Å². The molecule has 0 fully saturated rings. The van der Waals surface area contributed by atoms with E-state index in [4.69, 9.17) is 9.47 Å². The molecule has 6 nitrogen and oxygen atoms in total. The Morgan fingerprint density at radius 2 is 1.81 bits per heavy atom. The van der Waals surface area contributed by atoms with Gasteiger partial charge in [-0.2, -0.15) is 0 Å². The lowest BCUT2D eigenvalue weighted by atomic mass is 9.92. The molecular formula is C26H32N2O4. The first-order chi connectivity index (χ1) is 15.5. The zero-order valence-electron chi connectivity index (χ0n) is 19.3. The van der Waals surface area contributed by atoms with Crippen molar-refractivity contribution < 1.29 is 19.1 Å². The highest BCUT2D eigenvalue weighted by Gasteiger charge is 2.30. The largest absolute Gasteiger partial charge is 0.493 e. The Kier molecular flexibility index (Phi) is 7.92. The van der Waals surface area contributed by atoms with E-state index in [-0.39, 0.29) is 24.4 Å². The van der Waals surface area contributed by atoms with Crippen LogP contribution in [0.15, 0.2) is 48.5 Å². The van der Waals surface area contributed by atoms with Gasteiger partial charge in [0.15, 0.2) is 11.5 Å². The van der Waals surface area contributed by atoms with Crippen LogP contribution in [0.4, 0.5) is 0 Å². The molecule has 0 aliphatic carbocycles. The Morgan fingerprint density at radius 1 is 1.12 bits per heavy atom. The number of nitrogens with zero attached hydrogens (tertiary/aromatic N) is 2. The second kappa shape index (κ2) is 10.8. The van der Waals surface area contributed by atoms with Gasteiger partial charge >= 0.3 is 0 Å². The topological polar surface area (TPSA) is 59.1 Å². The summed E-state index contributed by atoms with van der Waals surface area (Å²) >= 11 is 0. The fourth-order valence-electron chi connectivity index (χ4n) is 4.11. The average Bonchev–Trinajstić information content (AvgIpc) is 2.82. The van der Waals surface area contributed by atoms with Gasteiger partial charge in [0.2, 0.25) is 11.8 Å². The van der Waals surface area contributed by atoms with Crippen molar-refractivity contribution in [2.45, 2.75) is 32.7 Å². The summed E-state index contributed by atoms with van der Waals surface area (Å²) in [5, 5.41) is 0. The van der Waals surface area contributed by atoms with Crippen molar-refractivity contribution in [3.8, 4) is 11.5 Å². The zero-order chi connectivity index (χ0) is 23.1. The van der Waals surface area contributed by atoms with E-state index >= 15 is 0 Å². The molecular weight excluding hydrogens is 404 g/mol. The van der Waals surface area contributed by atoms with Gasteiger partial charge in [0, 0.05) is 19.2 Å². The highest BCUT2D eigenvalue weighted by atomic mass is 16.5. The van der Waals surface area contributed by atoms with Crippen LogP contribution in [-0.2, 0) is 16.0 Å². The Labute approximate surface area is 190 Å². The minimum Gasteiger partial charge on any atom is -0.493 e. The molecule has 1 heterocycles. The molecule has 3 rings (SSSR count). The van der Waals surface area contributed by atoms with Crippen LogP contribution in [0.5, 0.6) is 11.5 Å². The standard InChI is InChI=1S/C26H32N2O4/c1-5-14-27(25(29)12-11-20-9-7-6-8-10-20)18-26(30)28-15-13-21-16-23(31-3)24(32-4)17-22(21)19(28)2/h6-12,16-17,19H,5,13-15,18H2,1-4H3/b12-11+. The molecule has 0 aromatic heterocycles. The highest BCUT2D eigenvalue weighted by Crippen LogP contribution is 2.37. The first-order valence-electron chi connectivity index (χ1n) is 11.0. The van der Waals surface area contributed by atoms with Crippen molar-refractivity contribution in [1.82, 2.24) is 9.80 Å². The Balaban J connectivity index is 1.73. The number of hydrogen-bond acceptors (Lipinski definition) is 4. The number of benzene rings is 2. The maximum atomic E-state index is 13.2. The molecule has 0 bridgehead atoms. The third-order valence-corrected chi connectivity index (χ3v) is 5.85. The predicted molar refractivity (Wildman–Crippen MR) is 126 cm³/mol. The third kappa shape index (κ3) is 5.31. The van der Waals surface area contributed by atoms with Crippen molar-refractivity contribution in [3.63, 3.8) is 0 Å².